The number of halogens is 2. The number of carbonyl (C=O) groups is 1. The zero-order valence-electron chi connectivity index (χ0n) is 10.0. The summed E-state index contributed by atoms with van der Waals surface area (Å²) in [5, 5.41) is 0. The van der Waals surface area contributed by atoms with Gasteiger partial charge in [0.15, 0.2) is 0 Å². The Hall–Kier alpha value is -1.16. The van der Waals surface area contributed by atoms with Crippen LogP contribution in [0.4, 0.5) is 4.39 Å². The maximum absolute atomic E-state index is 13.0. The normalized spacial score (nSPS) is 11.1. The van der Waals surface area contributed by atoms with E-state index in [0.717, 1.165) is 0 Å². The number of ether oxygens (including phenoxy) is 1. The Morgan fingerprint density at radius 1 is 1.29 bits per heavy atom. The van der Waals surface area contributed by atoms with E-state index in [-0.39, 0.29) is 5.56 Å². The molecule has 2 nitrogen and oxygen atoms in total. The average Bonchev–Trinajstić information content (AvgIpc) is 2.13. The zero-order valence-corrected chi connectivity index (χ0v) is 11.6. The van der Waals surface area contributed by atoms with E-state index >= 15 is 0 Å². The molecule has 0 saturated carbocycles. The van der Waals surface area contributed by atoms with Crippen LogP contribution in [0, 0.1) is 0 Å². The predicted molar refractivity (Wildman–Crippen MR) is 69.5 cm³/mol. The predicted octanol–water partition coefficient (Wildman–Crippen LogP) is 4.34. The van der Waals surface area contributed by atoms with Crippen molar-refractivity contribution in [2.45, 2.75) is 26.4 Å². The number of rotatable bonds is 2. The summed E-state index contributed by atoms with van der Waals surface area (Å²) in [6, 6.07) is 4.55. The Morgan fingerprint density at radius 2 is 1.82 bits per heavy atom. The Kier molecular flexibility index (Phi) is 4.09. The molecule has 4 heteroatoms. The molecule has 0 radical (unpaired) electrons. The maximum atomic E-state index is 13.0. The Morgan fingerprint density at radius 3 is 2.29 bits per heavy atom. The fourth-order valence-corrected chi connectivity index (χ4v) is 1.69. The minimum atomic E-state index is -0.587. The van der Waals surface area contributed by atoms with E-state index in [1.807, 2.05) is 0 Å². The van der Waals surface area contributed by atoms with E-state index in [1.54, 1.807) is 32.9 Å². The second-order valence-corrected chi connectivity index (χ2v) is 5.55. The highest BCUT2D eigenvalue weighted by molar-refractivity contribution is 9.10. The molecule has 0 amide bonds. The summed E-state index contributed by atoms with van der Waals surface area (Å²) < 4.78 is 18.8. The van der Waals surface area contributed by atoms with Gasteiger partial charge in [0.2, 0.25) is 0 Å². The first-order valence-corrected chi connectivity index (χ1v) is 5.87. The van der Waals surface area contributed by atoms with Crippen LogP contribution >= 0.6 is 15.9 Å². The summed E-state index contributed by atoms with van der Waals surface area (Å²) >= 11 is 3.21. The molecule has 1 rings (SSSR count). The molecule has 17 heavy (non-hydrogen) atoms. The first kappa shape index (κ1) is 13.9. The number of esters is 1. The zero-order chi connectivity index (χ0) is 13.2. The van der Waals surface area contributed by atoms with Crippen molar-refractivity contribution in [3.05, 3.63) is 40.4 Å². The summed E-state index contributed by atoms with van der Waals surface area (Å²) in [5.74, 6) is -1.07. The molecule has 0 aromatic heterocycles. The standard InChI is InChI=1S/C13H14BrFO2/c1-8(15)9-5-10(7-11(14)6-9)12(16)17-13(2,3)4/h5-7H,1H2,2-4H3. The van der Waals surface area contributed by atoms with Crippen LogP contribution in [0.5, 0.6) is 0 Å². The quantitative estimate of drug-likeness (QED) is 0.759. The van der Waals surface area contributed by atoms with Crippen LogP contribution in [-0.2, 0) is 4.74 Å². The fraction of sp³-hybridized carbons (Fsp3) is 0.308. The van der Waals surface area contributed by atoms with Crippen molar-refractivity contribution < 1.29 is 13.9 Å². The lowest BCUT2D eigenvalue weighted by Crippen LogP contribution is -2.23. The highest BCUT2D eigenvalue weighted by Gasteiger charge is 2.18. The summed E-state index contributed by atoms with van der Waals surface area (Å²) in [6.07, 6.45) is 0. The Labute approximate surface area is 109 Å². The summed E-state index contributed by atoms with van der Waals surface area (Å²) in [5.41, 5.74) is -0.0185. The van der Waals surface area contributed by atoms with Gasteiger partial charge >= 0.3 is 5.97 Å². The van der Waals surface area contributed by atoms with Crippen LogP contribution in [0.1, 0.15) is 36.7 Å². The van der Waals surface area contributed by atoms with Gasteiger partial charge in [-0.05, 0) is 39.0 Å². The van der Waals surface area contributed by atoms with E-state index in [0.29, 0.717) is 10.0 Å². The summed E-state index contributed by atoms with van der Waals surface area (Å²) in [6.45, 7) is 8.53. The van der Waals surface area contributed by atoms with Crippen molar-refractivity contribution >= 4 is 27.7 Å². The molecule has 0 aliphatic heterocycles. The molecule has 0 heterocycles. The molecule has 1 aromatic rings. The smallest absolute Gasteiger partial charge is 0.338 e. The third kappa shape index (κ3) is 4.30. The average molecular weight is 301 g/mol. The molecular weight excluding hydrogens is 287 g/mol. The van der Waals surface area contributed by atoms with Gasteiger partial charge in [-0.25, -0.2) is 9.18 Å². The van der Waals surface area contributed by atoms with Crippen molar-refractivity contribution in [3.8, 4) is 0 Å². The van der Waals surface area contributed by atoms with Gasteiger partial charge < -0.3 is 4.74 Å². The van der Waals surface area contributed by atoms with Gasteiger partial charge in [0.25, 0.3) is 0 Å². The van der Waals surface area contributed by atoms with Crippen molar-refractivity contribution in [2.75, 3.05) is 0 Å². The van der Waals surface area contributed by atoms with Gasteiger partial charge in [0.1, 0.15) is 11.4 Å². The van der Waals surface area contributed by atoms with Crippen molar-refractivity contribution in [3.63, 3.8) is 0 Å². The number of hydrogen-bond acceptors (Lipinski definition) is 2. The molecule has 0 N–H and O–H groups in total. The summed E-state index contributed by atoms with van der Waals surface area (Å²) in [4.78, 5) is 11.8. The molecule has 0 fully saturated rings. The van der Waals surface area contributed by atoms with Gasteiger partial charge in [-0.15, -0.1) is 0 Å². The molecule has 0 aliphatic carbocycles. The van der Waals surface area contributed by atoms with Gasteiger partial charge in [-0.2, -0.15) is 0 Å². The second-order valence-electron chi connectivity index (χ2n) is 4.64. The van der Waals surface area contributed by atoms with E-state index in [4.69, 9.17) is 4.74 Å². The minimum Gasteiger partial charge on any atom is -0.456 e. The molecule has 0 saturated heterocycles. The molecule has 1 aromatic carbocycles. The molecule has 0 bridgehead atoms. The van der Waals surface area contributed by atoms with Crippen LogP contribution in [0.2, 0.25) is 0 Å². The largest absolute Gasteiger partial charge is 0.456 e. The van der Waals surface area contributed by atoms with Crippen molar-refractivity contribution in [1.82, 2.24) is 0 Å². The minimum absolute atomic E-state index is 0.264. The monoisotopic (exact) mass is 300 g/mol. The van der Waals surface area contributed by atoms with E-state index in [2.05, 4.69) is 22.5 Å². The van der Waals surface area contributed by atoms with E-state index in [1.165, 1.54) is 6.07 Å². The van der Waals surface area contributed by atoms with Crippen LogP contribution in [0.25, 0.3) is 5.83 Å². The van der Waals surface area contributed by atoms with Gasteiger partial charge in [0, 0.05) is 10.0 Å². The van der Waals surface area contributed by atoms with Crippen LogP contribution in [0.15, 0.2) is 29.3 Å². The Bertz CT molecular complexity index is 461. The molecule has 92 valence electrons. The lowest BCUT2D eigenvalue weighted by molar-refractivity contribution is 0.00694. The SMILES string of the molecule is C=C(F)c1cc(Br)cc(C(=O)OC(C)(C)C)c1. The highest BCUT2D eigenvalue weighted by Crippen LogP contribution is 2.23. The number of benzene rings is 1. The van der Waals surface area contributed by atoms with Crippen molar-refractivity contribution in [2.24, 2.45) is 0 Å². The maximum Gasteiger partial charge on any atom is 0.338 e. The fourth-order valence-electron chi connectivity index (χ4n) is 1.20. The second kappa shape index (κ2) is 5.00. The van der Waals surface area contributed by atoms with Gasteiger partial charge in [-0.3, -0.25) is 0 Å². The lowest BCUT2D eigenvalue weighted by atomic mass is 10.1. The third-order valence-corrected chi connectivity index (χ3v) is 2.30. The van der Waals surface area contributed by atoms with Gasteiger partial charge in [-0.1, -0.05) is 22.5 Å². The molecular formula is C13H14BrFO2. The number of hydrogen-bond donors (Lipinski definition) is 0. The molecule has 0 atom stereocenters. The first-order valence-electron chi connectivity index (χ1n) is 5.08. The third-order valence-electron chi connectivity index (χ3n) is 1.85. The first-order chi connectivity index (χ1) is 7.69. The van der Waals surface area contributed by atoms with Crippen molar-refractivity contribution in [1.29, 1.82) is 0 Å². The highest BCUT2D eigenvalue weighted by atomic mass is 79.9. The van der Waals surface area contributed by atoms with Gasteiger partial charge in [0.05, 0.1) is 5.56 Å². The number of carbonyl (C=O) groups excluding carboxylic acids is 1. The summed E-state index contributed by atoms with van der Waals surface area (Å²) in [7, 11) is 0. The van der Waals surface area contributed by atoms with E-state index in [9.17, 15) is 9.18 Å². The van der Waals surface area contributed by atoms with Crippen LogP contribution in [-0.4, -0.2) is 11.6 Å². The Balaban J connectivity index is 3.06. The van der Waals surface area contributed by atoms with Crippen LogP contribution < -0.4 is 0 Å². The van der Waals surface area contributed by atoms with Crippen LogP contribution in [0.3, 0.4) is 0 Å². The molecule has 0 aliphatic rings. The molecule has 0 spiro atoms. The topological polar surface area (TPSA) is 26.3 Å². The van der Waals surface area contributed by atoms with E-state index < -0.39 is 17.4 Å². The molecule has 0 unspecified atom stereocenters. The lowest BCUT2D eigenvalue weighted by Gasteiger charge is -2.19.